The van der Waals surface area contributed by atoms with E-state index in [9.17, 15) is 10.1 Å². The summed E-state index contributed by atoms with van der Waals surface area (Å²) in [6, 6.07) is 27.3. The average molecular weight is 541 g/mol. The van der Waals surface area contributed by atoms with Crippen molar-refractivity contribution in [1.29, 1.82) is 5.26 Å². The molecule has 4 rings (SSSR count). The molecule has 0 heterocycles. The molecule has 1 N–H and O–H groups in total. The molecule has 180 valence electrons. The van der Waals surface area contributed by atoms with Gasteiger partial charge in [0.15, 0.2) is 11.5 Å². The maximum absolute atomic E-state index is 12.7. The van der Waals surface area contributed by atoms with Crippen LogP contribution in [0.25, 0.3) is 16.8 Å². The molecular weight excluding hydrogens is 516 g/mol. The van der Waals surface area contributed by atoms with Crippen molar-refractivity contribution in [3.8, 4) is 17.6 Å². The lowest BCUT2D eigenvalue weighted by Crippen LogP contribution is -2.13. The van der Waals surface area contributed by atoms with E-state index in [2.05, 4.69) is 46.4 Å². The first kappa shape index (κ1) is 25.0. The number of ether oxygens (including phenoxy) is 2. The van der Waals surface area contributed by atoms with Crippen LogP contribution in [0.5, 0.6) is 11.5 Å². The molecule has 1 amide bonds. The zero-order valence-electron chi connectivity index (χ0n) is 20.0. The second kappa shape index (κ2) is 11.6. The summed E-state index contributed by atoms with van der Waals surface area (Å²) in [5, 5.41) is 14.7. The predicted molar refractivity (Wildman–Crippen MR) is 147 cm³/mol. The van der Waals surface area contributed by atoms with Gasteiger partial charge in [-0.05, 0) is 64.2 Å². The Morgan fingerprint density at radius 1 is 1.03 bits per heavy atom. The van der Waals surface area contributed by atoms with E-state index in [4.69, 9.17) is 9.47 Å². The van der Waals surface area contributed by atoms with Crippen LogP contribution in [-0.4, -0.2) is 13.0 Å². The molecule has 4 aromatic rings. The number of hydrogen-bond donors (Lipinski definition) is 1. The van der Waals surface area contributed by atoms with Gasteiger partial charge in [-0.2, -0.15) is 5.26 Å². The van der Waals surface area contributed by atoms with Crippen LogP contribution in [-0.2, 0) is 17.8 Å². The van der Waals surface area contributed by atoms with Crippen LogP contribution < -0.4 is 14.8 Å². The van der Waals surface area contributed by atoms with Crippen molar-refractivity contribution in [1.82, 2.24) is 0 Å². The number of carbonyl (C=O) groups is 1. The molecule has 0 bridgehead atoms. The van der Waals surface area contributed by atoms with Crippen LogP contribution in [0.1, 0.15) is 23.6 Å². The Balaban J connectivity index is 1.55. The van der Waals surface area contributed by atoms with E-state index < -0.39 is 5.91 Å². The van der Waals surface area contributed by atoms with Gasteiger partial charge in [-0.3, -0.25) is 4.79 Å². The summed E-state index contributed by atoms with van der Waals surface area (Å²) in [7, 11) is 1.55. The Hall–Kier alpha value is -4.08. The van der Waals surface area contributed by atoms with Crippen LogP contribution in [0.3, 0.4) is 0 Å². The third-order valence-corrected chi connectivity index (χ3v) is 6.52. The number of amides is 1. The molecule has 4 aromatic carbocycles. The summed E-state index contributed by atoms with van der Waals surface area (Å²) in [5.74, 6) is 0.565. The number of aryl methyl sites for hydroxylation is 1. The number of carbonyl (C=O) groups excluding carboxylic acids is 1. The fourth-order valence-corrected chi connectivity index (χ4v) is 4.27. The molecule has 0 saturated carbocycles. The van der Waals surface area contributed by atoms with Crippen molar-refractivity contribution < 1.29 is 14.3 Å². The zero-order chi connectivity index (χ0) is 25.5. The molecule has 0 aliphatic carbocycles. The van der Waals surface area contributed by atoms with Gasteiger partial charge in [-0.1, -0.05) is 77.5 Å². The van der Waals surface area contributed by atoms with Gasteiger partial charge in [-0.15, -0.1) is 0 Å². The van der Waals surface area contributed by atoms with E-state index in [-0.39, 0.29) is 5.57 Å². The average Bonchev–Trinajstić information content (AvgIpc) is 2.91. The smallest absolute Gasteiger partial charge is 0.266 e. The highest BCUT2D eigenvalue weighted by Gasteiger charge is 2.14. The minimum Gasteiger partial charge on any atom is -0.493 e. The molecule has 0 aromatic heterocycles. The number of fused-ring (bicyclic) bond motifs is 1. The number of benzene rings is 4. The van der Waals surface area contributed by atoms with Gasteiger partial charge < -0.3 is 14.8 Å². The number of hydrogen-bond acceptors (Lipinski definition) is 4. The van der Waals surface area contributed by atoms with Crippen molar-refractivity contribution >= 4 is 44.4 Å². The number of nitrogens with zero attached hydrogens (tertiary/aromatic N) is 1. The summed E-state index contributed by atoms with van der Waals surface area (Å²) in [4.78, 5) is 12.7. The van der Waals surface area contributed by atoms with E-state index in [0.717, 1.165) is 22.8 Å². The molecule has 0 fully saturated rings. The monoisotopic (exact) mass is 540 g/mol. The molecule has 0 aliphatic rings. The van der Waals surface area contributed by atoms with E-state index in [1.807, 2.05) is 54.6 Å². The molecule has 0 spiro atoms. The molecule has 6 heteroatoms. The van der Waals surface area contributed by atoms with Gasteiger partial charge >= 0.3 is 0 Å². The minimum atomic E-state index is -0.483. The highest BCUT2D eigenvalue weighted by atomic mass is 79.9. The fourth-order valence-electron chi connectivity index (χ4n) is 3.83. The highest BCUT2D eigenvalue weighted by Crippen LogP contribution is 2.35. The van der Waals surface area contributed by atoms with Crippen LogP contribution in [0, 0.1) is 11.3 Å². The summed E-state index contributed by atoms with van der Waals surface area (Å²) >= 11 is 3.54. The van der Waals surface area contributed by atoms with Crippen LogP contribution >= 0.6 is 15.9 Å². The SMILES string of the molecule is CCc1ccc(NC(=O)C(C#N)=Cc2cc(OC)c(OCc3cccc4ccccc34)cc2Br)cc1. The number of halogens is 1. The summed E-state index contributed by atoms with van der Waals surface area (Å²) in [5.41, 5.74) is 3.46. The number of nitrogens with one attached hydrogen (secondary N) is 1. The first-order valence-electron chi connectivity index (χ1n) is 11.5. The summed E-state index contributed by atoms with van der Waals surface area (Å²) in [6.07, 6.45) is 2.44. The standard InChI is InChI=1S/C30H25BrN2O3/c1-3-20-11-13-25(14-12-20)33-30(34)24(18-32)15-23-16-28(35-2)29(17-27(23)31)36-19-22-9-6-8-21-7-4-5-10-26(21)22/h4-17H,3,19H2,1-2H3,(H,33,34). The second-order valence-electron chi connectivity index (χ2n) is 8.13. The lowest BCUT2D eigenvalue weighted by atomic mass is 10.1. The van der Waals surface area contributed by atoms with E-state index in [1.54, 1.807) is 19.2 Å². The third-order valence-electron chi connectivity index (χ3n) is 5.83. The lowest BCUT2D eigenvalue weighted by molar-refractivity contribution is -0.112. The summed E-state index contributed by atoms with van der Waals surface area (Å²) in [6.45, 7) is 2.43. The van der Waals surface area contributed by atoms with Crippen molar-refractivity contribution in [3.63, 3.8) is 0 Å². The third kappa shape index (κ3) is 5.76. The fraction of sp³-hybridized carbons (Fsp3) is 0.133. The Bertz CT molecular complexity index is 1470. The van der Waals surface area contributed by atoms with Gasteiger partial charge in [0.25, 0.3) is 5.91 Å². The molecule has 5 nitrogen and oxygen atoms in total. The van der Waals surface area contributed by atoms with Crippen molar-refractivity contribution in [2.45, 2.75) is 20.0 Å². The maximum Gasteiger partial charge on any atom is 0.266 e. The van der Waals surface area contributed by atoms with Crippen molar-refractivity contribution in [3.05, 3.63) is 106 Å². The van der Waals surface area contributed by atoms with E-state index in [0.29, 0.717) is 33.8 Å². The first-order valence-corrected chi connectivity index (χ1v) is 12.3. The van der Waals surface area contributed by atoms with Gasteiger partial charge in [0.1, 0.15) is 18.2 Å². The Kier molecular flexibility index (Phi) is 8.04. The Morgan fingerprint density at radius 2 is 1.78 bits per heavy atom. The molecule has 0 aliphatic heterocycles. The van der Waals surface area contributed by atoms with Crippen LogP contribution in [0.4, 0.5) is 5.69 Å². The number of methoxy groups -OCH3 is 1. The molecular formula is C30H25BrN2O3. The molecule has 0 unspecified atom stereocenters. The molecule has 0 saturated heterocycles. The minimum absolute atomic E-state index is 0.0262. The Labute approximate surface area is 219 Å². The van der Waals surface area contributed by atoms with Gasteiger partial charge in [0.05, 0.1) is 7.11 Å². The quantitative estimate of drug-likeness (QED) is 0.188. The topological polar surface area (TPSA) is 71.4 Å². The summed E-state index contributed by atoms with van der Waals surface area (Å²) < 4.78 is 12.3. The normalized spacial score (nSPS) is 11.1. The predicted octanol–water partition coefficient (Wildman–Crippen LogP) is 7.30. The van der Waals surface area contributed by atoms with Gasteiger partial charge in [0, 0.05) is 10.2 Å². The molecule has 36 heavy (non-hydrogen) atoms. The maximum atomic E-state index is 12.7. The molecule has 0 atom stereocenters. The molecule has 0 radical (unpaired) electrons. The van der Waals surface area contributed by atoms with E-state index >= 15 is 0 Å². The van der Waals surface area contributed by atoms with Crippen LogP contribution in [0.2, 0.25) is 0 Å². The first-order chi connectivity index (χ1) is 17.5. The second-order valence-corrected chi connectivity index (χ2v) is 8.98. The van der Waals surface area contributed by atoms with Crippen molar-refractivity contribution in [2.24, 2.45) is 0 Å². The lowest BCUT2D eigenvalue weighted by Gasteiger charge is -2.14. The van der Waals surface area contributed by atoms with Crippen molar-refractivity contribution in [2.75, 3.05) is 12.4 Å². The Morgan fingerprint density at radius 3 is 2.50 bits per heavy atom. The highest BCUT2D eigenvalue weighted by molar-refractivity contribution is 9.10. The van der Waals surface area contributed by atoms with Crippen LogP contribution in [0.15, 0.2) is 88.9 Å². The number of nitriles is 1. The van der Waals surface area contributed by atoms with E-state index in [1.165, 1.54) is 11.6 Å². The number of anilines is 1. The largest absolute Gasteiger partial charge is 0.493 e. The van der Waals surface area contributed by atoms with Gasteiger partial charge in [0.2, 0.25) is 0 Å². The van der Waals surface area contributed by atoms with Gasteiger partial charge in [-0.25, -0.2) is 0 Å². The number of rotatable bonds is 8. The zero-order valence-corrected chi connectivity index (χ0v) is 21.6.